The maximum atomic E-state index is 6.56. The van der Waals surface area contributed by atoms with Gasteiger partial charge in [-0.2, -0.15) is 0 Å². The summed E-state index contributed by atoms with van der Waals surface area (Å²) in [5.41, 5.74) is 13.7. The minimum absolute atomic E-state index is 0.263. The molecule has 0 heterocycles. The fraction of sp³-hybridized carbons (Fsp3) is 0.400. The molecule has 1 aliphatic rings. The van der Waals surface area contributed by atoms with Crippen molar-refractivity contribution in [2.75, 3.05) is 0 Å². The minimum Gasteiger partial charge on any atom is -0.327 e. The van der Waals surface area contributed by atoms with Gasteiger partial charge in [-0.05, 0) is 67.7 Å². The monoisotopic (exact) mass is 279 g/mol. The molecule has 2 atom stereocenters. The highest BCUT2D eigenvalue weighted by atomic mass is 14.6. The van der Waals surface area contributed by atoms with Gasteiger partial charge in [-0.25, -0.2) is 0 Å². The van der Waals surface area contributed by atoms with E-state index in [0.29, 0.717) is 5.92 Å². The summed E-state index contributed by atoms with van der Waals surface area (Å²) < 4.78 is 0. The molecule has 0 amide bonds. The summed E-state index contributed by atoms with van der Waals surface area (Å²) in [4.78, 5) is 0. The first-order valence-corrected chi connectivity index (χ1v) is 8.02. The van der Waals surface area contributed by atoms with Gasteiger partial charge in [0.2, 0.25) is 0 Å². The molecule has 21 heavy (non-hydrogen) atoms. The molecule has 0 fully saturated rings. The first-order chi connectivity index (χ1) is 10.1. The van der Waals surface area contributed by atoms with Gasteiger partial charge in [0.05, 0.1) is 0 Å². The highest BCUT2D eigenvalue weighted by Gasteiger charge is 2.24. The lowest BCUT2D eigenvalue weighted by atomic mass is 9.78. The molecule has 110 valence electrons. The Labute approximate surface area is 128 Å². The molecule has 1 aliphatic carbocycles. The molecule has 0 aromatic heterocycles. The molecular weight excluding hydrogens is 254 g/mol. The van der Waals surface area contributed by atoms with E-state index in [1.54, 1.807) is 0 Å². The van der Waals surface area contributed by atoms with Crippen LogP contribution in [-0.2, 0) is 19.3 Å². The van der Waals surface area contributed by atoms with E-state index < -0.39 is 0 Å². The van der Waals surface area contributed by atoms with Crippen LogP contribution < -0.4 is 5.73 Å². The van der Waals surface area contributed by atoms with Gasteiger partial charge in [-0.3, -0.25) is 0 Å². The first kappa shape index (κ1) is 14.3. The zero-order valence-electron chi connectivity index (χ0n) is 13.1. The Balaban J connectivity index is 1.72. The molecule has 0 spiro atoms. The van der Waals surface area contributed by atoms with Crippen LogP contribution >= 0.6 is 0 Å². The van der Waals surface area contributed by atoms with Gasteiger partial charge in [-0.15, -0.1) is 0 Å². The third-order valence-electron chi connectivity index (χ3n) is 4.95. The van der Waals surface area contributed by atoms with E-state index in [2.05, 4.69) is 56.3 Å². The largest absolute Gasteiger partial charge is 0.327 e. The van der Waals surface area contributed by atoms with E-state index >= 15 is 0 Å². The fourth-order valence-corrected chi connectivity index (χ4v) is 3.53. The van der Waals surface area contributed by atoms with E-state index in [9.17, 15) is 0 Å². The van der Waals surface area contributed by atoms with Crippen molar-refractivity contribution < 1.29 is 0 Å². The summed E-state index contributed by atoms with van der Waals surface area (Å²) in [6, 6.07) is 15.8. The van der Waals surface area contributed by atoms with Crippen LogP contribution in [0.2, 0.25) is 0 Å². The molecule has 0 bridgehead atoms. The molecular formula is C20H25N. The summed E-state index contributed by atoms with van der Waals surface area (Å²) in [7, 11) is 0. The van der Waals surface area contributed by atoms with Crippen LogP contribution in [0.25, 0.3) is 0 Å². The molecule has 0 radical (unpaired) electrons. The third kappa shape index (κ3) is 3.19. The fourth-order valence-electron chi connectivity index (χ4n) is 3.53. The SMILES string of the molecule is Cc1ccc(C)c(CC(N)C2CCc3ccccc3C2)c1. The summed E-state index contributed by atoms with van der Waals surface area (Å²) in [5.74, 6) is 0.611. The Morgan fingerprint density at radius 3 is 2.67 bits per heavy atom. The van der Waals surface area contributed by atoms with Crippen LogP contribution in [0.4, 0.5) is 0 Å². The van der Waals surface area contributed by atoms with E-state index in [0.717, 1.165) is 12.8 Å². The molecule has 1 heteroatoms. The van der Waals surface area contributed by atoms with Crippen LogP contribution in [0.3, 0.4) is 0 Å². The number of fused-ring (bicyclic) bond motifs is 1. The van der Waals surface area contributed by atoms with Crippen LogP contribution in [-0.4, -0.2) is 6.04 Å². The van der Waals surface area contributed by atoms with Gasteiger partial charge in [0.1, 0.15) is 0 Å². The van der Waals surface area contributed by atoms with Crippen LogP contribution in [0, 0.1) is 19.8 Å². The zero-order chi connectivity index (χ0) is 14.8. The Bertz CT molecular complexity index is 629. The average Bonchev–Trinajstić information content (AvgIpc) is 2.50. The molecule has 2 unspecified atom stereocenters. The molecule has 0 saturated heterocycles. The van der Waals surface area contributed by atoms with E-state index in [1.807, 2.05) is 0 Å². The predicted octanol–water partition coefficient (Wildman–Crippen LogP) is 3.98. The first-order valence-electron chi connectivity index (χ1n) is 8.02. The number of hydrogen-bond donors (Lipinski definition) is 1. The number of nitrogens with two attached hydrogens (primary N) is 1. The molecule has 3 rings (SSSR count). The van der Waals surface area contributed by atoms with Crippen molar-refractivity contribution in [2.45, 2.75) is 45.6 Å². The summed E-state index contributed by atoms with van der Waals surface area (Å²) in [5, 5.41) is 0. The molecule has 0 saturated carbocycles. The number of benzene rings is 2. The van der Waals surface area contributed by atoms with Crippen molar-refractivity contribution in [3.8, 4) is 0 Å². The van der Waals surface area contributed by atoms with Crippen molar-refractivity contribution in [3.63, 3.8) is 0 Å². The molecule has 1 nitrogen and oxygen atoms in total. The maximum absolute atomic E-state index is 6.56. The Morgan fingerprint density at radius 1 is 1.10 bits per heavy atom. The highest BCUT2D eigenvalue weighted by Crippen LogP contribution is 2.28. The van der Waals surface area contributed by atoms with Gasteiger partial charge >= 0.3 is 0 Å². The van der Waals surface area contributed by atoms with Crippen molar-refractivity contribution in [1.29, 1.82) is 0 Å². The van der Waals surface area contributed by atoms with Crippen LogP contribution in [0.1, 0.15) is 34.2 Å². The van der Waals surface area contributed by atoms with Crippen molar-refractivity contribution in [2.24, 2.45) is 11.7 Å². The van der Waals surface area contributed by atoms with Gasteiger partial charge < -0.3 is 5.73 Å². The number of aryl methyl sites for hydroxylation is 3. The Hall–Kier alpha value is -1.60. The van der Waals surface area contributed by atoms with E-state index in [1.165, 1.54) is 40.7 Å². The molecule has 0 aliphatic heterocycles. The van der Waals surface area contributed by atoms with Crippen molar-refractivity contribution >= 4 is 0 Å². The number of hydrogen-bond acceptors (Lipinski definition) is 1. The zero-order valence-corrected chi connectivity index (χ0v) is 13.1. The van der Waals surface area contributed by atoms with Crippen LogP contribution in [0.15, 0.2) is 42.5 Å². The van der Waals surface area contributed by atoms with Gasteiger partial charge in [0, 0.05) is 6.04 Å². The van der Waals surface area contributed by atoms with E-state index in [-0.39, 0.29) is 6.04 Å². The predicted molar refractivity (Wildman–Crippen MR) is 89.6 cm³/mol. The average molecular weight is 279 g/mol. The molecule has 2 N–H and O–H groups in total. The van der Waals surface area contributed by atoms with Gasteiger partial charge in [0.25, 0.3) is 0 Å². The normalized spacial score (nSPS) is 19.1. The summed E-state index contributed by atoms with van der Waals surface area (Å²) in [6.45, 7) is 4.35. The quantitative estimate of drug-likeness (QED) is 0.903. The highest BCUT2D eigenvalue weighted by molar-refractivity contribution is 5.32. The standard InChI is InChI=1S/C20H25N/c1-14-7-8-15(2)19(11-14)13-20(21)18-10-9-16-5-3-4-6-17(16)12-18/h3-8,11,18,20H,9-10,12-13,21H2,1-2H3. The summed E-state index contributed by atoms with van der Waals surface area (Å²) >= 11 is 0. The lowest BCUT2D eigenvalue weighted by molar-refractivity contribution is 0.372. The lowest BCUT2D eigenvalue weighted by Gasteiger charge is -2.29. The van der Waals surface area contributed by atoms with Crippen molar-refractivity contribution in [1.82, 2.24) is 0 Å². The second-order valence-electron chi connectivity index (χ2n) is 6.57. The smallest absolute Gasteiger partial charge is 0.0111 e. The Morgan fingerprint density at radius 2 is 1.86 bits per heavy atom. The van der Waals surface area contributed by atoms with Gasteiger partial charge in [0.15, 0.2) is 0 Å². The number of rotatable bonds is 3. The third-order valence-corrected chi connectivity index (χ3v) is 4.95. The minimum atomic E-state index is 0.263. The molecule has 2 aromatic rings. The van der Waals surface area contributed by atoms with Crippen molar-refractivity contribution in [3.05, 3.63) is 70.3 Å². The molecule has 2 aromatic carbocycles. The van der Waals surface area contributed by atoms with Crippen LogP contribution in [0.5, 0.6) is 0 Å². The maximum Gasteiger partial charge on any atom is 0.0111 e. The second kappa shape index (κ2) is 6.03. The van der Waals surface area contributed by atoms with E-state index in [4.69, 9.17) is 5.73 Å². The topological polar surface area (TPSA) is 26.0 Å². The summed E-state index contributed by atoms with van der Waals surface area (Å²) in [6.07, 6.45) is 4.55. The Kier molecular flexibility index (Phi) is 4.12. The van der Waals surface area contributed by atoms with Gasteiger partial charge in [-0.1, -0.05) is 48.0 Å². The second-order valence-corrected chi connectivity index (χ2v) is 6.57. The lowest BCUT2D eigenvalue weighted by Crippen LogP contribution is -2.36.